The summed E-state index contributed by atoms with van der Waals surface area (Å²) in [6.07, 6.45) is 3.22. The van der Waals surface area contributed by atoms with Crippen molar-refractivity contribution in [2.45, 2.75) is 25.3 Å². The molecule has 0 spiro atoms. The summed E-state index contributed by atoms with van der Waals surface area (Å²) in [5, 5.41) is 4.10. The van der Waals surface area contributed by atoms with Crippen LogP contribution in [0.1, 0.15) is 12.8 Å². The van der Waals surface area contributed by atoms with E-state index in [-0.39, 0.29) is 24.2 Å². The lowest BCUT2D eigenvalue weighted by molar-refractivity contribution is 0.0761. The van der Waals surface area contributed by atoms with E-state index in [1.54, 1.807) is 17.2 Å². The normalized spacial score (nSPS) is 17.9. The first kappa shape index (κ1) is 19.7. The number of piperidine rings is 1. The van der Waals surface area contributed by atoms with Crippen LogP contribution >= 0.6 is 11.6 Å². The number of fused-ring (bicyclic) bond motifs is 1. The number of hydrogen-bond donors (Lipinski definition) is 2. The molecule has 1 aliphatic rings. The van der Waals surface area contributed by atoms with E-state index in [2.05, 4.69) is 20.3 Å². The van der Waals surface area contributed by atoms with E-state index in [9.17, 15) is 13.2 Å². The average molecular weight is 426 g/mol. The van der Waals surface area contributed by atoms with Gasteiger partial charge in [0.15, 0.2) is 23.1 Å². The maximum absolute atomic E-state index is 14.3. The monoisotopic (exact) mass is 425 g/mol. The lowest BCUT2D eigenvalue weighted by atomic mass is 10.1. The molecule has 0 amide bonds. The molecule has 3 N–H and O–H groups in total. The zero-order valence-corrected chi connectivity index (χ0v) is 16.1. The number of nitrogens with zero attached hydrogens (tertiary/aromatic N) is 5. The molecule has 0 radical (unpaired) electrons. The van der Waals surface area contributed by atoms with Crippen LogP contribution in [0.2, 0.25) is 5.02 Å². The van der Waals surface area contributed by atoms with Crippen LogP contribution in [-0.2, 0) is 0 Å². The highest BCUT2D eigenvalue weighted by Crippen LogP contribution is 2.29. The van der Waals surface area contributed by atoms with Crippen LogP contribution in [0.25, 0.3) is 22.4 Å². The topological polar surface area (TPSA) is 84.9 Å². The number of hydrogen-bond acceptors (Lipinski definition) is 6. The third-order valence-corrected chi connectivity index (χ3v) is 5.07. The molecule has 3 aromatic heterocycles. The quantitative estimate of drug-likeness (QED) is 0.611. The molecule has 11 heteroatoms. The molecule has 0 unspecified atom stereocenters. The molecule has 1 atom stereocenters. The van der Waals surface area contributed by atoms with Gasteiger partial charge in [0.1, 0.15) is 0 Å². The number of nitrogen functional groups attached to an aromatic ring is 1. The van der Waals surface area contributed by atoms with Gasteiger partial charge in [0.05, 0.1) is 17.8 Å². The summed E-state index contributed by atoms with van der Waals surface area (Å²) < 4.78 is 41.0. The van der Waals surface area contributed by atoms with Crippen molar-refractivity contribution in [1.29, 1.82) is 0 Å². The Morgan fingerprint density at radius 2 is 2.14 bits per heavy atom. The van der Waals surface area contributed by atoms with Gasteiger partial charge in [-0.05, 0) is 25.5 Å². The molecule has 7 nitrogen and oxygen atoms in total. The van der Waals surface area contributed by atoms with Gasteiger partial charge in [-0.1, -0.05) is 11.6 Å². The van der Waals surface area contributed by atoms with E-state index in [1.165, 1.54) is 10.9 Å². The number of nitrogens with one attached hydrogen (secondary N) is 1. The summed E-state index contributed by atoms with van der Waals surface area (Å²) in [4.78, 5) is 14.2. The van der Waals surface area contributed by atoms with Gasteiger partial charge in [-0.3, -0.25) is 9.58 Å². The van der Waals surface area contributed by atoms with Gasteiger partial charge >= 0.3 is 0 Å². The lowest BCUT2D eigenvalue weighted by Crippen LogP contribution is -2.44. The van der Waals surface area contributed by atoms with Gasteiger partial charge in [-0.15, -0.1) is 0 Å². The fraction of sp³-hybridized carbons (Fsp3) is 0.389. The van der Waals surface area contributed by atoms with Crippen LogP contribution in [0.15, 0.2) is 24.7 Å². The predicted molar refractivity (Wildman–Crippen MR) is 105 cm³/mol. The van der Waals surface area contributed by atoms with E-state index in [0.29, 0.717) is 34.7 Å². The Labute approximate surface area is 169 Å². The molecule has 4 heterocycles. The van der Waals surface area contributed by atoms with Gasteiger partial charge in [-0.2, -0.15) is 0 Å². The first-order valence-electron chi connectivity index (χ1n) is 9.12. The zero-order valence-electron chi connectivity index (χ0n) is 15.3. The van der Waals surface area contributed by atoms with Crippen molar-refractivity contribution in [3.63, 3.8) is 0 Å². The van der Waals surface area contributed by atoms with Crippen LogP contribution in [0.4, 0.5) is 19.0 Å². The third kappa shape index (κ3) is 4.23. The summed E-state index contributed by atoms with van der Waals surface area (Å²) >= 11 is 6.04. The number of pyridine rings is 1. The van der Waals surface area contributed by atoms with Crippen LogP contribution in [0.5, 0.6) is 0 Å². The van der Waals surface area contributed by atoms with Crippen LogP contribution < -0.4 is 11.2 Å². The fourth-order valence-corrected chi connectivity index (χ4v) is 3.77. The summed E-state index contributed by atoms with van der Waals surface area (Å²) in [5.74, 6) is 5.59. The Hall–Kier alpha value is -2.59. The molecule has 0 bridgehead atoms. The van der Waals surface area contributed by atoms with E-state index >= 15 is 0 Å². The highest BCUT2D eigenvalue weighted by atomic mass is 35.5. The highest BCUT2D eigenvalue weighted by molar-refractivity contribution is 6.31. The highest BCUT2D eigenvalue weighted by Gasteiger charge is 2.24. The minimum Gasteiger partial charge on any atom is -0.363 e. The summed E-state index contributed by atoms with van der Waals surface area (Å²) in [6.45, 7) is 0.702. The maximum Gasteiger partial charge on any atom is 0.251 e. The smallest absolute Gasteiger partial charge is 0.251 e. The van der Waals surface area contributed by atoms with Crippen molar-refractivity contribution in [3.05, 3.63) is 35.5 Å². The molecule has 3 aromatic rings. The van der Waals surface area contributed by atoms with Gasteiger partial charge < -0.3 is 11.2 Å². The lowest BCUT2D eigenvalue weighted by Gasteiger charge is -2.33. The Balaban J connectivity index is 1.61. The zero-order chi connectivity index (χ0) is 20.5. The Morgan fingerprint density at radius 1 is 1.31 bits per heavy atom. The second kappa shape index (κ2) is 8.03. The predicted octanol–water partition coefficient (Wildman–Crippen LogP) is 3.14. The molecule has 29 heavy (non-hydrogen) atoms. The molecular weight excluding hydrogens is 407 g/mol. The van der Waals surface area contributed by atoms with Crippen molar-refractivity contribution in [2.75, 3.05) is 30.8 Å². The second-order valence-electron chi connectivity index (χ2n) is 7.00. The number of anilines is 1. The van der Waals surface area contributed by atoms with E-state index in [1.807, 2.05) is 0 Å². The number of aromatic nitrogens is 4. The van der Waals surface area contributed by atoms with E-state index in [4.69, 9.17) is 17.4 Å². The van der Waals surface area contributed by atoms with Crippen molar-refractivity contribution < 1.29 is 13.2 Å². The fourth-order valence-electron chi connectivity index (χ4n) is 3.61. The summed E-state index contributed by atoms with van der Waals surface area (Å²) in [7, 11) is 0. The molecule has 1 saturated heterocycles. The SMILES string of the molecule is Nn1cc(-c2ncc(F)c(N[C@H]3CCCN(CC(F)F)C3)n2)c2cc(Cl)cnc21. The average Bonchev–Trinajstić information content (AvgIpc) is 2.99. The first-order chi connectivity index (χ1) is 13.9. The van der Waals surface area contributed by atoms with Crippen LogP contribution in [0, 0.1) is 5.82 Å². The minimum atomic E-state index is -2.40. The standard InChI is InChI=1S/C18H19ClF3N7/c19-10-4-12-13(8-29(23)18(12)25-5-10)16-24-6-14(20)17(27-16)26-11-2-1-3-28(7-11)9-15(21)22/h4-6,8,11,15H,1-3,7,9,23H2,(H,24,26,27)/t11-/m0/s1. The first-order valence-corrected chi connectivity index (χ1v) is 9.50. The van der Waals surface area contributed by atoms with Crippen LogP contribution in [-0.4, -0.2) is 56.6 Å². The number of alkyl halides is 2. The third-order valence-electron chi connectivity index (χ3n) is 4.86. The molecule has 154 valence electrons. The van der Waals surface area contributed by atoms with Crippen molar-refractivity contribution in [3.8, 4) is 11.4 Å². The Bertz CT molecular complexity index is 1030. The number of likely N-dealkylation sites (tertiary alicyclic amines) is 1. The molecule has 0 aromatic carbocycles. The number of halogens is 4. The summed E-state index contributed by atoms with van der Waals surface area (Å²) in [5.41, 5.74) is 1.05. The van der Waals surface area contributed by atoms with Crippen LogP contribution in [0.3, 0.4) is 0 Å². The van der Waals surface area contributed by atoms with E-state index < -0.39 is 12.2 Å². The Morgan fingerprint density at radius 3 is 2.93 bits per heavy atom. The molecule has 0 saturated carbocycles. The second-order valence-corrected chi connectivity index (χ2v) is 7.44. The van der Waals surface area contributed by atoms with E-state index in [0.717, 1.165) is 19.0 Å². The van der Waals surface area contributed by atoms with Crippen molar-refractivity contribution in [2.24, 2.45) is 0 Å². The van der Waals surface area contributed by atoms with Crippen molar-refractivity contribution >= 4 is 28.5 Å². The maximum atomic E-state index is 14.3. The molecule has 1 fully saturated rings. The molecular formula is C18H19ClF3N7. The largest absolute Gasteiger partial charge is 0.363 e. The van der Waals surface area contributed by atoms with Gasteiger partial charge in [0.25, 0.3) is 6.43 Å². The summed E-state index contributed by atoms with van der Waals surface area (Å²) in [6, 6.07) is 1.50. The number of rotatable bonds is 5. The number of nitrogens with two attached hydrogens (primary N) is 1. The molecule has 4 rings (SSSR count). The van der Waals surface area contributed by atoms with Gasteiger partial charge in [-0.25, -0.2) is 28.1 Å². The minimum absolute atomic E-state index is 0.0202. The van der Waals surface area contributed by atoms with Gasteiger partial charge in [0.2, 0.25) is 0 Å². The molecule has 1 aliphatic heterocycles. The van der Waals surface area contributed by atoms with Crippen molar-refractivity contribution in [1.82, 2.24) is 24.5 Å². The van der Waals surface area contributed by atoms with Gasteiger partial charge in [0, 0.05) is 35.9 Å². The Kier molecular flexibility index (Phi) is 5.46. The molecule has 0 aliphatic carbocycles.